The van der Waals surface area contributed by atoms with Crippen LogP contribution in [0, 0.1) is 0 Å². The molecule has 0 unspecified atom stereocenters. The number of hydrogen-bond donors (Lipinski definition) is 1. The van der Waals surface area contributed by atoms with Crippen molar-refractivity contribution in [3.05, 3.63) is 35.9 Å². The zero-order valence-corrected chi connectivity index (χ0v) is 16.1. The molecule has 0 aliphatic rings. The number of benzene rings is 1. The van der Waals surface area contributed by atoms with E-state index in [4.69, 9.17) is 9.84 Å². The van der Waals surface area contributed by atoms with Crippen molar-refractivity contribution in [3.8, 4) is 0 Å². The maximum Gasteiger partial charge on any atom is 0.410 e. The van der Waals surface area contributed by atoms with E-state index in [2.05, 4.69) is 19.1 Å². The Kier molecular flexibility index (Phi) is 9.22. The van der Waals surface area contributed by atoms with Gasteiger partial charge in [-0.1, -0.05) is 37.3 Å². The smallest absolute Gasteiger partial charge is 0.410 e. The monoisotopic (exact) mass is 353 g/mol. The third-order valence-electron chi connectivity index (χ3n) is 3.47. The van der Waals surface area contributed by atoms with E-state index >= 15 is 0 Å². The molecule has 0 aliphatic carbocycles. The second-order valence-corrected chi connectivity index (χ2v) is 8.15. The molecule has 24 heavy (non-hydrogen) atoms. The number of thioether (sulfide) groups is 1. The second-order valence-electron chi connectivity index (χ2n) is 6.93. The number of rotatable bonds is 9. The Labute approximate surface area is 150 Å². The van der Waals surface area contributed by atoms with Crippen molar-refractivity contribution in [2.24, 2.45) is 0 Å². The largest absolute Gasteiger partial charge is 0.444 e. The molecule has 5 heteroatoms. The van der Waals surface area contributed by atoms with E-state index in [0.29, 0.717) is 13.1 Å². The van der Waals surface area contributed by atoms with Gasteiger partial charge in [0.25, 0.3) is 0 Å². The fraction of sp³-hybridized carbons (Fsp3) is 0.632. The summed E-state index contributed by atoms with van der Waals surface area (Å²) in [6, 6.07) is 10.2. The van der Waals surface area contributed by atoms with Crippen molar-refractivity contribution in [1.29, 1.82) is 0 Å². The van der Waals surface area contributed by atoms with Crippen molar-refractivity contribution in [2.45, 2.75) is 45.6 Å². The molecule has 0 bridgehead atoms. The highest BCUT2D eigenvalue weighted by molar-refractivity contribution is 7.99. The molecule has 0 radical (unpaired) electrons. The average Bonchev–Trinajstić information content (AvgIpc) is 2.52. The third-order valence-corrected chi connectivity index (χ3v) is 4.52. The van der Waals surface area contributed by atoms with Crippen molar-refractivity contribution in [1.82, 2.24) is 4.90 Å². The zero-order chi connectivity index (χ0) is 18.0. The summed E-state index contributed by atoms with van der Waals surface area (Å²) in [6.45, 7) is 9.31. The lowest BCUT2D eigenvalue weighted by atomic mass is 10.0. The molecule has 1 rings (SSSR count). The van der Waals surface area contributed by atoms with Crippen LogP contribution in [0.5, 0.6) is 0 Å². The summed E-state index contributed by atoms with van der Waals surface area (Å²) < 4.78 is 5.55. The molecule has 1 aromatic carbocycles. The highest BCUT2D eigenvalue weighted by atomic mass is 32.2. The molecule has 0 saturated heterocycles. The molecule has 0 spiro atoms. The zero-order valence-electron chi connectivity index (χ0n) is 15.3. The second kappa shape index (κ2) is 10.6. The van der Waals surface area contributed by atoms with E-state index < -0.39 is 5.60 Å². The van der Waals surface area contributed by atoms with Crippen LogP contribution in [-0.4, -0.2) is 52.9 Å². The lowest BCUT2D eigenvalue weighted by Gasteiger charge is -2.29. The van der Waals surface area contributed by atoms with Gasteiger partial charge in [-0.25, -0.2) is 4.79 Å². The minimum atomic E-state index is -0.491. The van der Waals surface area contributed by atoms with E-state index in [0.717, 1.165) is 17.9 Å². The summed E-state index contributed by atoms with van der Waals surface area (Å²) in [4.78, 5) is 14.3. The van der Waals surface area contributed by atoms with Gasteiger partial charge in [-0.3, -0.25) is 0 Å². The topological polar surface area (TPSA) is 49.8 Å². The highest BCUT2D eigenvalue weighted by Gasteiger charge is 2.23. The Balaban J connectivity index is 2.63. The van der Waals surface area contributed by atoms with Crippen LogP contribution >= 0.6 is 11.8 Å². The van der Waals surface area contributed by atoms with Gasteiger partial charge >= 0.3 is 6.09 Å². The summed E-state index contributed by atoms with van der Waals surface area (Å²) in [5.74, 6) is 2.01. The molecule has 0 saturated carbocycles. The number of carbonyl (C=O) groups excluding carboxylic acids is 1. The number of nitrogens with zero attached hydrogens (tertiary/aromatic N) is 1. The van der Waals surface area contributed by atoms with Gasteiger partial charge in [0, 0.05) is 25.4 Å². The van der Waals surface area contributed by atoms with Gasteiger partial charge in [-0.05, 0) is 44.4 Å². The molecule has 4 nitrogen and oxygen atoms in total. The predicted octanol–water partition coefficient (Wildman–Crippen LogP) is 4.14. The highest BCUT2D eigenvalue weighted by Crippen LogP contribution is 2.19. The van der Waals surface area contributed by atoms with Crippen LogP contribution < -0.4 is 0 Å². The van der Waals surface area contributed by atoms with Crippen LogP contribution in [0.25, 0.3) is 0 Å². The summed E-state index contributed by atoms with van der Waals surface area (Å²) in [7, 11) is 0. The van der Waals surface area contributed by atoms with Crippen molar-refractivity contribution in [2.75, 3.05) is 31.2 Å². The van der Waals surface area contributed by atoms with E-state index in [1.54, 1.807) is 16.7 Å². The molecule has 1 aromatic rings. The molecule has 1 amide bonds. The van der Waals surface area contributed by atoms with Gasteiger partial charge in [0.05, 0.1) is 0 Å². The maximum absolute atomic E-state index is 12.5. The van der Waals surface area contributed by atoms with Crippen LogP contribution in [0.1, 0.15) is 45.6 Å². The average molecular weight is 354 g/mol. The first-order chi connectivity index (χ1) is 11.3. The van der Waals surface area contributed by atoms with Crippen LogP contribution in [-0.2, 0) is 4.74 Å². The van der Waals surface area contributed by atoms with Gasteiger partial charge in [0.2, 0.25) is 0 Å². The normalized spacial score (nSPS) is 12.7. The summed E-state index contributed by atoms with van der Waals surface area (Å²) in [5, 5.41) is 8.84. The minimum absolute atomic E-state index is 0.216. The molecular weight excluding hydrogens is 322 g/mol. The van der Waals surface area contributed by atoms with Crippen LogP contribution in [0.4, 0.5) is 4.79 Å². The Morgan fingerprint density at radius 3 is 2.50 bits per heavy atom. The van der Waals surface area contributed by atoms with Gasteiger partial charge < -0.3 is 14.7 Å². The van der Waals surface area contributed by atoms with Crippen LogP contribution in [0.2, 0.25) is 0 Å². The fourth-order valence-corrected chi connectivity index (χ4v) is 3.13. The first kappa shape index (κ1) is 20.8. The van der Waals surface area contributed by atoms with E-state index in [9.17, 15) is 4.79 Å². The number of ether oxygens (including phenoxy) is 1. The molecular formula is C19H31NO3S. The Hall–Kier alpha value is -1.20. The number of hydrogen-bond acceptors (Lipinski definition) is 4. The van der Waals surface area contributed by atoms with Crippen molar-refractivity contribution < 1.29 is 14.6 Å². The Morgan fingerprint density at radius 1 is 1.25 bits per heavy atom. The first-order valence-corrected chi connectivity index (χ1v) is 9.70. The predicted molar refractivity (Wildman–Crippen MR) is 102 cm³/mol. The van der Waals surface area contributed by atoms with Gasteiger partial charge in [0.1, 0.15) is 5.60 Å². The number of carbonyl (C=O) groups is 1. The summed E-state index contributed by atoms with van der Waals surface area (Å²) in [5.41, 5.74) is 0.731. The van der Waals surface area contributed by atoms with Gasteiger partial charge in [-0.15, -0.1) is 0 Å². The Bertz CT molecular complexity index is 473. The quantitative estimate of drug-likeness (QED) is 0.678. The van der Waals surface area contributed by atoms with Gasteiger partial charge in [0.15, 0.2) is 0 Å². The number of aliphatic hydroxyl groups excluding tert-OH is 1. The minimum Gasteiger partial charge on any atom is -0.444 e. The summed E-state index contributed by atoms with van der Waals surface area (Å²) >= 11 is 1.76. The molecule has 136 valence electrons. The van der Waals surface area contributed by atoms with Gasteiger partial charge in [-0.2, -0.15) is 11.8 Å². The number of amides is 1. The van der Waals surface area contributed by atoms with E-state index in [1.165, 1.54) is 5.56 Å². The molecule has 0 aromatic heterocycles. The SMILES string of the molecule is C[C@@H](CN(CCSCCCO)C(=O)OC(C)(C)C)c1ccccc1. The molecule has 0 aliphatic heterocycles. The first-order valence-electron chi connectivity index (χ1n) is 8.55. The van der Waals surface area contributed by atoms with E-state index in [1.807, 2.05) is 39.0 Å². The maximum atomic E-state index is 12.5. The van der Waals surface area contributed by atoms with Crippen LogP contribution in [0.15, 0.2) is 30.3 Å². The lowest BCUT2D eigenvalue weighted by molar-refractivity contribution is 0.0253. The van der Waals surface area contributed by atoms with Crippen molar-refractivity contribution >= 4 is 17.9 Å². The Morgan fingerprint density at radius 2 is 1.92 bits per heavy atom. The number of aliphatic hydroxyl groups is 1. The fourth-order valence-electron chi connectivity index (χ4n) is 2.24. The van der Waals surface area contributed by atoms with Crippen LogP contribution in [0.3, 0.4) is 0 Å². The molecule has 1 N–H and O–H groups in total. The third kappa shape index (κ3) is 8.60. The molecule has 0 fully saturated rings. The standard InChI is InChI=1S/C19H31NO3S/c1-16(17-9-6-5-7-10-17)15-20(11-14-24-13-8-12-21)18(22)23-19(2,3)4/h5-7,9-10,16,21H,8,11-15H2,1-4H3/t16-/m0/s1. The lowest BCUT2D eigenvalue weighted by Crippen LogP contribution is -2.40. The van der Waals surface area contributed by atoms with E-state index in [-0.39, 0.29) is 18.6 Å². The summed E-state index contributed by atoms with van der Waals surface area (Å²) in [6.07, 6.45) is 0.533. The van der Waals surface area contributed by atoms with Crippen molar-refractivity contribution in [3.63, 3.8) is 0 Å². The molecule has 1 atom stereocenters. The molecule has 0 heterocycles.